The monoisotopic (exact) mass is 276 g/mol. The molecular formula is C16H21ClN2. The molecule has 0 aliphatic heterocycles. The smallest absolute Gasteiger partial charge is 0.0992 e. The lowest BCUT2D eigenvalue weighted by Gasteiger charge is -2.27. The zero-order valence-electron chi connectivity index (χ0n) is 11.5. The molecule has 19 heavy (non-hydrogen) atoms. The summed E-state index contributed by atoms with van der Waals surface area (Å²) in [6.07, 6.45) is 8.03. The normalized spacial score (nSPS) is 17.2. The summed E-state index contributed by atoms with van der Waals surface area (Å²) in [6.45, 7) is 0.870. The third-order valence-corrected chi connectivity index (χ3v) is 4.40. The minimum absolute atomic E-state index is 0.630. The van der Waals surface area contributed by atoms with E-state index in [1.54, 1.807) is 6.07 Å². The van der Waals surface area contributed by atoms with Crippen molar-refractivity contribution in [3.05, 3.63) is 34.3 Å². The van der Waals surface area contributed by atoms with Crippen molar-refractivity contribution in [2.45, 2.75) is 51.1 Å². The van der Waals surface area contributed by atoms with Gasteiger partial charge in [0.05, 0.1) is 11.6 Å². The van der Waals surface area contributed by atoms with Crippen molar-refractivity contribution in [1.82, 2.24) is 4.90 Å². The topological polar surface area (TPSA) is 27.0 Å². The van der Waals surface area contributed by atoms with Gasteiger partial charge in [-0.15, -0.1) is 0 Å². The fourth-order valence-corrected chi connectivity index (χ4v) is 3.08. The van der Waals surface area contributed by atoms with Crippen LogP contribution in [0, 0.1) is 11.3 Å². The Kier molecular flexibility index (Phi) is 5.24. The van der Waals surface area contributed by atoms with Crippen LogP contribution >= 0.6 is 11.6 Å². The SMILES string of the molecule is CN(Cc1ccc(C#N)cc1Cl)C1CCCCCC1. The number of halogens is 1. The van der Waals surface area contributed by atoms with E-state index in [2.05, 4.69) is 18.0 Å². The molecule has 1 aromatic rings. The Hall–Kier alpha value is -1.04. The lowest BCUT2D eigenvalue weighted by Crippen LogP contribution is -2.30. The Bertz CT molecular complexity index is 456. The van der Waals surface area contributed by atoms with Gasteiger partial charge in [0.25, 0.3) is 0 Å². The minimum Gasteiger partial charge on any atom is -0.299 e. The molecule has 0 bridgehead atoms. The molecule has 102 valence electrons. The molecule has 0 N–H and O–H groups in total. The van der Waals surface area contributed by atoms with Crippen LogP contribution in [0.15, 0.2) is 18.2 Å². The number of hydrogen-bond acceptors (Lipinski definition) is 2. The summed E-state index contributed by atoms with van der Waals surface area (Å²) < 4.78 is 0. The van der Waals surface area contributed by atoms with Gasteiger partial charge in [-0.3, -0.25) is 4.90 Å². The van der Waals surface area contributed by atoms with Crippen LogP contribution in [0.1, 0.15) is 49.7 Å². The van der Waals surface area contributed by atoms with E-state index in [9.17, 15) is 0 Å². The van der Waals surface area contributed by atoms with Crippen molar-refractivity contribution in [3.8, 4) is 6.07 Å². The van der Waals surface area contributed by atoms with Crippen molar-refractivity contribution in [1.29, 1.82) is 5.26 Å². The first-order valence-corrected chi connectivity index (χ1v) is 7.47. The summed E-state index contributed by atoms with van der Waals surface area (Å²) in [6, 6.07) is 8.39. The molecule has 0 heterocycles. The van der Waals surface area contributed by atoms with Gasteiger partial charge in [0.2, 0.25) is 0 Å². The van der Waals surface area contributed by atoms with Gasteiger partial charge in [0.15, 0.2) is 0 Å². The predicted molar refractivity (Wildman–Crippen MR) is 79.1 cm³/mol. The maximum absolute atomic E-state index is 8.85. The van der Waals surface area contributed by atoms with Crippen molar-refractivity contribution in [2.24, 2.45) is 0 Å². The van der Waals surface area contributed by atoms with Gasteiger partial charge in [-0.1, -0.05) is 43.4 Å². The van der Waals surface area contributed by atoms with Crippen molar-refractivity contribution in [3.63, 3.8) is 0 Å². The molecule has 0 spiro atoms. The zero-order valence-corrected chi connectivity index (χ0v) is 12.3. The first kappa shape index (κ1) is 14.4. The highest BCUT2D eigenvalue weighted by molar-refractivity contribution is 6.31. The van der Waals surface area contributed by atoms with Gasteiger partial charge in [-0.25, -0.2) is 0 Å². The van der Waals surface area contributed by atoms with Crippen LogP contribution in [-0.2, 0) is 6.54 Å². The zero-order chi connectivity index (χ0) is 13.7. The molecule has 0 unspecified atom stereocenters. The Labute approximate surface area is 121 Å². The van der Waals surface area contributed by atoms with Gasteiger partial charge < -0.3 is 0 Å². The van der Waals surface area contributed by atoms with E-state index < -0.39 is 0 Å². The van der Waals surface area contributed by atoms with Gasteiger partial charge in [0, 0.05) is 17.6 Å². The molecule has 0 amide bonds. The quantitative estimate of drug-likeness (QED) is 0.767. The van der Waals surface area contributed by atoms with E-state index in [1.165, 1.54) is 38.5 Å². The number of nitriles is 1. The van der Waals surface area contributed by atoms with Crippen LogP contribution in [0.4, 0.5) is 0 Å². The summed E-state index contributed by atoms with van der Waals surface area (Å²) in [5.41, 5.74) is 1.75. The van der Waals surface area contributed by atoms with E-state index in [0.29, 0.717) is 16.6 Å². The summed E-state index contributed by atoms with van der Waals surface area (Å²) >= 11 is 6.25. The van der Waals surface area contributed by atoms with E-state index in [-0.39, 0.29) is 0 Å². The Morgan fingerprint density at radius 1 is 1.26 bits per heavy atom. The largest absolute Gasteiger partial charge is 0.299 e. The average molecular weight is 277 g/mol. The molecule has 3 heteroatoms. The van der Waals surface area contributed by atoms with Crippen LogP contribution in [-0.4, -0.2) is 18.0 Å². The van der Waals surface area contributed by atoms with E-state index in [4.69, 9.17) is 16.9 Å². The molecule has 1 aliphatic rings. The lowest BCUT2D eigenvalue weighted by molar-refractivity contribution is 0.213. The molecular weight excluding hydrogens is 256 g/mol. The number of hydrogen-bond donors (Lipinski definition) is 0. The van der Waals surface area contributed by atoms with Crippen LogP contribution in [0.2, 0.25) is 5.02 Å². The van der Waals surface area contributed by atoms with Crippen LogP contribution in [0.5, 0.6) is 0 Å². The molecule has 0 atom stereocenters. The third kappa shape index (κ3) is 3.96. The standard InChI is InChI=1S/C16H21ClN2/c1-19(15-6-4-2-3-5-7-15)12-14-9-8-13(11-18)10-16(14)17/h8-10,15H,2-7,12H2,1H3. The summed E-state index contributed by atoms with van der Waals surface area (Å²) in [5.74, 6) is 0. The highest BCUT2D eigenvalue weighted by Gasteiger charge is 2.17. The van der Waals surface area contributed by atoms with Crippen molar-refractivity contribution in [2.75, 3.05) is 7.05 Å². The van der Waals surface area contributed by atoms with Crippen LogP contribution in [0.25, 0.3) is 0 Å². The second-order valence-electron chi connectivity index (χ2n) is 5.48. The third-order valence-electron chi connectivity index (χ3n) is 4.05. The predicted octanol–water partition coefficient (Wildman–Crippen LogP) is 4.37. The van der Waals surface area contributed by atoms with Crippen molar-refractivity contribution < 1.29 is 0 Å². The number of nitrogens with zero attached hydrogens (tertiary/aromatic N) is 2. The highest BCUT2D eigenvalue weighted by atomic mass is 35.5. The van der Waals surface area contributed by atoms with E-state index in [1.807, 2.05) is 12.1 Å². The number of rotatable bonds is 3. The fraction of sp³-hybridized carbons (Fsp3) is 0.562. The Morgan fingerprint density at radius 2 is 1.95 bits per heavy atom. The maximum atomic E-state index is 8.85. The molecule has 2 rings (SSSR count). The molecule has 2 nitrogen and oxygen atoms in total. The first-order valence-electron chi connectivity index (χ1n) is 7.09. The summed E-state index contributed by atoms with van der Waals surface area (Å²) in [5, 5.41) is 9.56. The molecule has 1 fully saturated rings. The first-order chi connectivity index (χ1) is 9.20. The molecule has 0 aromatic heterocycles. The van der Waals surface area contributed by atoms with Gasteiger partial charge in [-0.05, 0) is 37.6 Å². The second-order valence-corrected chi connectivity index (χ2v) is 5.89. The van der Waals surface area contributed by atoms with Gasteiger partial charge >= 0.3 is 0 Å². The minimum atomic E-state index is 0.630. The second kappa shape index (κ2) is 6.93. The fourth-order valence-electron chi connectivity index (χ4n) is 2.84. The Balaban J connectivity index is 2.01. The lowest BCUT2D eigenvalue weighted by atomic mass is 10.1. The van der Waals surface area contributed by atoms with Crippen LogP contribution < -0.4 is 0 Å². The Morgan fingerprint density at radius 3 is 2.53 bits per heavy atom. The maximum Gasteiger partial charge on any atom is 0.0992 e. The van der Waals surface area contributed by atoms with Crippen LogP contribution in [0.3, 0.4) is 0 Å². The van der Waals surface area contributed by atoms with Gasteiger partial charge in [-0.2, -0.15) is 5.26 Å². The molecule has 1 aliphatic carbocycles. The molecule has 0 saturated heterocycles. The van der Waals surface area contributed by atoms with E-state index >= 15 is 0 Å². The van der Waals surface area contributed by atoms with E-state index in [0.717, 1.165) is 12.1 Å². The number of benzene rings is 1. The summed E-state index contributed by atoms with van der Waals surface area (Å²) in [4.78, 5) is 2.42. The van der Waals surface area contributed by atoms with Crippen molar-refractivity contribution >= 4 is 11.6 Å². The molecule has 1 saturated carbocycles. The highest BCUT2D eigenvalue weighted by Crippen LogP contribution is 2.24. The average Bonchev–Trinajstić information content (AvgIpc) is 2.70. The molecule has 0 radical (unpaired) electrons. The molecule has 1 aromatic carbocycles. The van der Waals surface area contributed by atoms with Gasteiger partial charge in [0.1, 0.15) is 0 Å². The summed E-state index contributed by atoms with van der Waals surface area (Å²) in [7, 11) is 2.19.